The lowest BCUT2D eigenvalue weighted by Crippen LogP contribution is -2.45. The molecule has 0 spiro atoms. The minimum absolute atomic E-state index is 0.183. The largest absolute Gasteiger partial charge is 0.497 e. The smallest absolute Gasteiger partial charge is 0.270 e. The molecule has 0 unspecified atom stereocenters. The van der Waals surface area contributed by atoms with Crippen LogP contribution in [0.3, 0.4) is 0 Å². The number of aromatic nitrogens is 1. The summed E-state index contributed by atoms with van der Waals surface area (Å²) in [5.74, 6) is 0.640. The van der Waals surface area contributed by atoms with Crippen LogP contribution in [-0.2, 0) is 19.4 Å². The molecule has 0 radical (unpaired) electrons. The summed E-state index contributed by atoms with van der Waals surface area (Å²) in [6.45, 7) is 1.60. The summed E-state index contributed by atoms with van der Waals surface area (Å²) in [5.41, 5.74) is 4.96. The van der Waals surface area contributed by atoms with Crippen molar-refractivity contribution in [2.24, 2.45) is 0 Å². The first kappa shape index (κ1) is 19.9. The molecule has 3 N–H and O–H groups in total. The number of aliphatic hydroxyl groups excluding tert-OH is 1. The van der Waals surface area contributed by atoms with E-state index in [2.05, 4.69) is 27.8 Å². The Kier molecular flexibility index (Phi) is 6.11. The summed E-state index contributed by atoms with van der Waals surface area (Å²) in [7, 11) is 1.66. The van der Waals surface area contributed by atoms with Gasteiger partial charge in [0.1, 0.15) is 11.4 Å². The molecule has 1 saturated carbocycles. The van der Waals surface area contributed by atoms with Crippen molar-refractivity contribution in [3.63, 3.8) is 0 Å². The van der Waals surface area contributed by atoms with Crippen LogP contribution in [0, 0.1) is 0 Å². The average molecular weight is 396 g/mol. The van der Waals surface area contributed by atoms with Crippen molar-refractivity contribution in [2.45, 2.75) is 57.2 Å². The van der Waals surface area contributed by atoms with E-state index in [1.165, 1.54) is 11.1 Å². The van der Waals surface area contributed by atoms with Crippen LogP contribution in [0.25, 0.3) is 0 Å². The molecular weight excluding hydrogens is 366 g/mol. The van der Waals surface area contributed by atoms with E-state index < -0.39 is 6.10 Å². The maximum atomic E-state index is 12.9. The monoisotopic (exact) mass is 395 g/mol. The second-order valence-corrected chi connectivity index (χ2v) is 7.98. The lowest BCUT2D eigenvalue weighted by atomic mass is 9.92. The minimum atomic E-state index is -0.467. The van der Waals surface area contributed by atoms with E-state index in [9.17, 15) is 9.90 Å². The lowest BCUT2D eigenvalue weighted by molar-refractivity contribution is 0.0713. The van der Waals surface area contributed by atoms with Crippen LogP contribution in [-0.4, -0.2) is 41.8 Å². The number of amides is 1. The van der Waals surface area contributed by atoms with Crippen LogP contribution in [0.15, 0.2) is 30.3 Å². The second kappa shape index (κ2) is 8.93. The molecule has 2 aliphatic rings. The molecule has 29 heavy (non-hydrogen) atoms. The number of nitrogens with one attached hydrogen (secondary N) is 2. The van der Waals surface area contributed by atoms with Crippen molar-refractivity contribution >= 4 is 5.91 Å². The SMILES string of the molecule is COc1ccc(Cc2cc(C(=O)N[C@H]3CCCC[C@@H]3O)nc3c2CCNC3)cc1. The third-order valence-electron chi connectivity index (χ3n) is 5.98. The Morgan fingerprint density at radius 2 is 2.07 bits per heavy atom. The predicted octanol–water partition coefficient (Wildman–Crippen LogP) is 2.36. The van der Waals surface area contributed by atoms with Gasteiger partial charge in [-0.1, -0.05) is 25.0 Å². The average Bonchev–Trinajstić information content (AvgIpc) is 2.76. The number of benzene rings is 1. The van der Waals surface area contributed by atoms with Crippen molar-refractivity contribution in [1.29, 1.82) is 0 Å². The van der Waals surface area contributed by atoms with Crippen molar-refractivity contribution in [3.8, 4) is 5.75 Å². The van der Waals surface area contributed by atoms with Gasteiger partial charge in [0.2, 0.25) is 0 Å². The molecule has 2 heterocycles. The van der Waals surface area contributed by atoms with E-state index in [1.54, 1.807) is 7.11 Å². The number of ether oxygens (including phenoxy) is 1. The highest BCUT2D eigenvalue weighted by molar-refractivity contribution is 5.93. The van der Waals surface area contributed by atoms with Crippen LogP contribution in [0.5, 0.6) is 5.75 Å². The van der Waals surface area contributed by atoms with Gasteiger partial charge in [0.15, 0.2) is 0 Å². The first-order chi connectivity index (χ1) is 14.1. The number of carbonyl (C=O) groups excluding carboxylic acids is 1. The van der Waals surface area contributed by atoms with Crippen molar-refractivity contribution in [2.75, 3.05) is 13.7 Å². The van der Waals surface area contributed by atoms with Crippen LogP contribution in [0.1, 0.15) is 58.6 Å². The third kappa shape index (κ3) is 4.60. The number of methoxy groups -OCH3 is 1. The molecule has 154 valence electrons. The van der Waals surface area contributed by atoms with Crippen LogP contribution in [0.4, 0.5) is 0 Å². The summed E-state index contributed by atoms with van der Waals surface area (Å²) in [6.07, 6.45) is 4.81. The Balaban J connectivity index is 1.59. The predicted molar refractivity (Wildman–Crippen MR) is 111 cm³/mol. The molecule has 1 aliphatic carbocycles. The van der Waals surface area contributed by atoms with Gasteiger partial charge < -0.3 is 20.5 Å². The normalized spacial score (nSPS) is 21.3. The van der Waals surface area contributed by atoms with Gasteiger partial charge in [-0.3, -0.25) is 4.79 Å². The zero-order valence-electron chi connectivity index (χ0n) is 16.9. The van der Waals surface area contributed by atoms with Gasteiger partial charge >= 0.3 is 0 Å². The highest BCUT2D eigenvalue weighted by atomic mass is 16.5. The number of aliphatic hydroxyl groups is 1. The van der Waals surface area contributed by atoms with Gasteiger partial charge in [-0.25, -0.2) is 4.98 Å². The molecule has 4 rings (SSSR count). The molecule has 2 aromatic rings. The highest BCUT2D eigenvalue weighted by Gasteiger charge is 2.26. The molecular formula is C23H29N3O3. The Hall–Kier alpha value is -2.44. The van der Waals surface area contributed by atoms with Crippen LogP contribution >= 0.6 is 0 Å². The molecule has 2 atom stereocenters. The van der Waals surface area contributed by atoms with Crippen molar-refractivity contribution < 1.29 is 14.6 Å². The second-order valence-electron chi connectivity index (χ2n) is 7.98. The molecule has 1 aliphatic heterocycles. The zero-order chi connectivity index (χ0) is 20.2. The molecule has 6 nitrogen and oxygen atoms in total. The summed E-state index contributed by atoms with van der Waals surface area (Å²) < 4.78 is 5.25. The fourth-order valence-corrected chi connectivity index (χ4v) is 4.31. The van der Waals surface area contributed by atoms with E-state index in [-0.39, 0.29) is 11.9 Å². The Labute approximate surface area is 171 Å². The summed E-state index contributed by atoms with van der Waals surface area (Å²) in [4.78, 5) is 17.6. The van der Waals surface area contributed by atoms with Gasteiger partial charge in [0, 0.05) is 6.54 Å². The summed E-state index contributed by atoms with van der Waals surface area (Å²) >= 11 is 0. The van der Waals surface area contributed by atoms with Crippen molar-refractivity contribution in [1.82, 2.24) is 15.6 Å². The molecule has 0 saturated heterocycles. The quantitative estimate of drug-likeness (QED) is 0.724. The van der Waals surface area contributed by atoms with E-state index in [0.29, 0.717) is 12.2 Å². The zero-order valence-corrected chi connectivity index (χ0v) is 16.9. The molecule has 0 bridgehead atoms. The molecule has 6 heteroatoms. The van der Waals surface area contributed by atoms with E-state index >= 15 is 0 Å². The summed E-state index contributed by atoms with van der Waals surface area (Å²) in [5, 5.41) is 16.6. The number of hydrogen-bond donors (Lipinski definition) is 3. The Morgan fingerprint density at radius 3 is 2.83 bits per heavy atom. The van der Waals surface area contributed by atoms with Crippen LogP contribution in [0.2, 0.25) is 0 Å². The van der Waals surface area contributed by atoms with Gasteiger partial charge in [0.05, 0.1) is 24.9 Å². The fraction of sp³-hybridized carbons (Fsp3) is 0.478. The lowest BCUT2D eigenvalue weighted by Gasteiger charge is -2.28. The van der Waals surface area contributed by atoms with Crippen LogP contribution < -0.4 is 15.4 Å². The number of nitrogens with zero attached hydrogens (tertiary/aromatic N) is 1. The number of hydrogen-bond acceptors (Lipinski definition) is 5. The highest BCUT2D eigenvalue weighted by Crippen LogP contribution is 2.24. The van der Waals surface area contributed by atoms with Gasteiger partial charge in [-0.05, 0) is 67.1 Å². The maximum absolute atomic E-state index is 12.9. The number of fused-ring (bicyclic) bond motifs is 1. The number of rotatable bonds is 5. The molecule has 1 amide bonds. The molecule has 1 fully saturated rings. The van der Waals surface area contributed by atoms with Gasteiger partial charge in [-0.2, -0.15) is 0 Å². The van der Waals surface area contributed by atoms with E-state index in [0.717, 1.165) is 62.1 Å². The molecule has 1 aromatic heterocycles. The van der Waals surface area contributed by atoms with Gasteiger partial charge in [0.25, 0.3) is 5.91 Å². The first-order valence-electron chi connectivity index (χ1n) is 10.5. The molecule has 1 aromatic carbocycles. The van der Waals surface area contributed by atoms with E-state index in [4.69, 9.17) is 4.74 Å². The first-order valence-corrected chi connectivity index (χ1v) is 10.5. The topological polar surface area (TPSA) is 83.5 Å². The number of carbonyl (C=O) groups is 1. The Morgan fingerprint density at radius 1 is 1.28 bits per heavy atom. The third-order valence-corrected chi connectivity index (χ3v) is 5.98. The standard InChI is InChI=1S/C23H29N3O3/c1-29-17-8-6-15(7-9-17)12-16-13-20(25-21-14-24-11-10-18(16)21)23(28)26-19-4-2-3-5-22(19)27/h6-9,13,19,22,24,27H,2-5,10-12,14H2,1H3,(H,26,28)/t19-,22-/m0/s1. The maximum Gasteiger partial charge on any atom is 0.270 e. The fourth-order valence-electron chi connectivity index (χ4n) is 4.31. The van der Waals surface area contributed by atoms with Gasteiger partial charge in [-0.15, -0.1) is 0 Å². The van der Waals surface area contributed by atoms with E-state index in [1.807, 2.05) is 18.2 Å². The number of pyridine rings is 1. The van der Waals surface area contributed by atoms with Crippen molar-refractivity contribution in [3.05, 3.63) is 58.4 Å². The Bertz CT molecular complexity index is 866. The summed E-state index contributed by atoms with van der Waals surface area (Å²) in [6, 6.07) is 9.79. The minimum Gasteiger partial charge on any atom is -0.497 e.